The first-order valence-corrected chi connectivity index (χ1v) is 8.67. The number of rotatable bonds is 4. The van der Waals surface area contributed by atoms with Gasteiger partial charge in [0.05, 0.1) is 19.2 Å². The van der Waals surface area contributed by atoms with Crippen LogP contribution in [0.15, 0.2) is 42.5 Å². The van der Waals surface area contributed by atoms with Gasteiger partial charge in [-0.15, -0.1) is 0 Å². The van der Waals surface area contributed by atoms with Crippen LogP contribution in [0.3, 0.4) is 0 Å². The van der Waals surface area contributed by atoms with E-state index in [1.807, 2.05) is 6.07 Å². The lowest BCUT2D eigenvalue weighted by atomic mass is 9.89. The molecule has 2 aromatic carbocycles. The van der Waals surface area contributed by atoms with Crippen molar-refractivity contribution in [2.75, 3.05) is 7.11 Å². The Morgan fingerprint density at radius 3 is 2.62 bits per heavy atom. The molecule has 3 nitrogen and oxygen atoms in total. The Morgan fingerprint density at radius 2 is 1.88 bits per heavy atom. The van der Waals surface area contributed by atoms with E-state index in [9.17, 15) is 5.11 Å². The topological polar surface area (TPSA) is 34.4 Å². The highest BCUT2D eigenvalue weighted by Crippen LogP contribution is 2.38. The fraction of sp³-hybridized carbons (Fsp3) is 0.333. The number of benzene rings is 2. The fourth-order valence-corrected chi connectivity index (χ4v) is 3.96. The Kier molecular flexibility index (Phi) is 4.03. The van der Waals surface area contributed by atoms with Gasteiger partial charge in [0.1, 0.15) is 5.75 Å². The van der Waals surface area contributed by atoms with Crippen LogP contribution in [-0.4, -0.2) is 16.8 Å². The van der Waals surface area contributed by atoms with Crippen molar-refractivity contribution in [3.8, 4) is 5.75 Å². The molecule has 0 bridgehead atoms. The second kappa shape index (κ2) is 6.33. The quantitative estimate of drug-likeness (QED) is 0.786. The van der Waals surface area contributed by atoms with Crippen LogP contribution in [-0.2, 0) is 26.0 Å². The van der Waals surface area contributed by atoms with Gasteiger partial charge in [0.15, 0.2) is 0 Å². The van der Waals surface area contributed by atoms with Gasteiger partial charge in [0.25, 0.3) is 0 Å². The number of aryl methyl sites for hydroxylation is 2. The molecule has 0 radical (unpaired) electrons. The predicted molar refractivity (Wildman–Crippen MR) is 96.6 cm³/mol. The van der Waals surface area contributed by atoms with E-state index in [0.29, 0.717) is 0 Å². The summed E-state index contributed by atoms with van der Waals surface area (Å²) < 4.78 is 7.94. The van der Waals surface area contributed by atoms with Crippen molar-refractivity contribution in [1.29, 1.82) is 0 Å². The summed E-state index contributed by atoms with van der Waals surface area (Å²) >= 11 is 0. The summed E-state index contributed by atoms with van der Waals surface area (Å²) in [5, 5.41) is 11.0. The number of aliphatic hydroxyl groups is 1. The predicted octanol–water partition coefficient (Wildman–Crippen LogP) is 4.07. The smallest absolute Gasteiger partial charge is 0.128 e. The fourth-order valence-electron chi connectivity index (χ4n) is 3.96. The molecule has 1 heterocycles. The van der Waals surface area contributed by atoms with Crippen molar-refractivity contribution in [1.82, 2.24) is 4.57 Å². The highest BCUT2D eigenvalue weighted by atomic mass is 16.5. The number of nitrogens with zero attached hydrogens (tertiary/aromatic N) is 1. The van der Waals surface area contributed by atoms with Crippen molar-refractivity contribution in [3.63, 3.8) is 0 Å². The molecule has 0 saturated carbocycles. The molecule has 0 atom stereocenters. The zero-order chi connectivity index (χ0) is 16.5. The number of ether oxygens (including phenoxy) is 1. The molecule has 0 fully saturated rings. The molecule has 0 unspecified atom stereocenters. The van der Waals surface area contributed by atoms with Gasteiger partial charge >= 0.3 is 0 Å². The Morgan fingerprint density at radius 1 is 1.08 bits per heavy atom. The molecular formula is C21H23NO2. The van der Waals surface area contributed by atoms with E-state index in [0.717, 1.165) is 36.2 Å². The number of aromatic nitrogens is 1. The number of methoxy groups -OCH3 is 1. The van der Waals surface area contributed by atoms with Crippen LogP contribution < -0.4 is 4.74 Å². The maximum atomic E-state index is 9.90. The van der Waals surface area contributed by atoms with Gasteiger partial charge in [-0.2, -0.15) is 0 Å². The lowest BCUT2D eigenvalue weighted by Gasteiger charge is -2.20. The van der Waals surface area contributed by atoms with E-state index in [1.54, 1.807) is 7.11 Å². The van der Waals surface area contributed by atoms with Crippen LogP contribution in [0.4, 0.5) is 0 Å². The van der Waals surface area contributed by atoms with Crippen LogP contribution in [0.2, 0.25) is 0 Å². The summed E-state index contributed by atoms with van der Waals surface area (Å²) in [6, 6.07) is 14.7. The molecule has 4 rings (SSSR count). The van der Waals surface area contributed by atoms with Crippen LogP contribution in [0.1, 0.15) is 35.2 Å². The first-order valence-electron chi connectivity index (χ1n) is 8.67. The molecule has 0 amide bonds. The van der Waals surface area contributed by atoms with Crippen molar-refractivity contribution < 1.29 is 9.84 Å². The zero-order valence-corrected chi connectivity index (χ0v) is 14.1. The number of hydrogen-bond acceptors (Lipinski definition) is 2. The molecule has 0 spiro atoms. The van der Waals surface area contributed by atoms with Gasteiger partial charge in [-0.3, -0.25) is 0 Å². The minimum atomic E-state index is 0.0411. The first-order chi connectivity index (χ1) is 11.8. The van der Waals surface area contributed by atoms with Crippen LogP contribution in [0, 0.1) is 0 Å². The molecule has 1 aliphatic rings. The summed E-state index contributed by atoms with van der Waals surface area (Å²) in [4.78, 5) is 0. The second-order valence-corrected chi connectivity index (χ2v) is 6.55. The standard InChI is InChI=1S/C21H23NO2/c1-24-20-11-16-9-5-6-10-18(16)21-19(20)12-17(14-23)22(21)13-15-7-3-2-4-8-15/h2-4,7-8,11-12,23H,5-6,9-10,13-14H2,1H3. The third-order valence-corrected chi connectivity index (χ3v) is 5.12. The molecule has 3 aromatic rings. The van der Waals surface area contributed by atoms with E-state index in [4.69, 9.17) is 4.74 Å². The molecular weight excluding hydrogens is 298 g/mol. The highest BCUT2D eigenvalue weighted by Gasteiger charge is 2.21. The minimum Gasteiger partial charge on any atom is -0.496 e. The van der Waals surface area contributed by atoms with E-state index in [2.05, 4.69) is 41.0 Å². The van der Waals surface area contributed by atoms with Crippen LogP contribution in [0.25, 0.3) is 10.9 Å². The number of fused-ring (bicyclic) bond motifs is 3. The molecule has 0 saturated heterocycles. The Labute approximate surface area is 142 Å². The molecule has 0 aliphatic heterocycles. The lowest BCUT2D eigenvalue weighted by Crippen LogP contribution is -2.09. The molecule has 1 aliphatic carbocycles. The van der Waals surface area contributed by atoms with Crippen LogP contribution >= 0.6 is 0 Å². The second-order valence-electron chi connectivity index (χ2n) is 6.55. The average Bonchev–Trinajstić information content (AvgIpc) is 3.00. The average molecular weight is 321 g/mol. The molecule has 3 heteroatoms. The summed E-state index contributed by atoms with van der Waals surface area (Å²) in [5.74, 6) is 0.923. The van der Waals surface area contributed by atoms with Gasteiger partial charge < -0.3 is 14.4 Å². The maximum absolute atomic E-state index is 9.90. The van der Waals surface area contributed by atoms with Crippen LogP contribution in [0.5, 0.6) is 5.75 Å². The summed E-state index contributed by atoms with van der Waals surface area (Å²) in [7, 11) is 1.73. The van der Waals surface area contributed by atoms with E-state index in [-0.39, 0.29) is 6.61 Å². The zero-order valence-electron chi connectivity index (χ0n) is 14.1. The number of hydrogen-bond donors (Lipinski definition) is 1. The van der Waals surface area contributed by atoms with Crippen molar-refractivity contribution in [2.24, 2.45) is 0 Å². The van der Waals surface area contributed by atoms with Gasteiger partial charge in [0, 0.05) is 17.6 Å². The summed E-state index contributed by atoms with van der Waals surface area (Å²) in [5.41, 5.74) is 6.29. The molecule has 24 heavy (non-hydrogen) atoms. The van der Waals surface area contributed by atoms with Gasteiger partial charge in [0.2, 0.25) is 0 Å². The van der Waals surface area contributed by atoms with Gasteiger partial charge in [-0.05, 0) is 54.5 Å². The molecule has 1 N–H and O–H groups in total. The summed E-state index contributed by atoms with van der Waals surface area (Å²) in [6.45, 7) is 0.819. The normalized spacial score (nSPS) is 13.9. The molecule has 1 aromatic heterocycles. The largest absolute Gasteiger partial charge is 0.496 e. The Balaban J connectivity index is 1.96. The minimum absolute atomic E-state index is 0.0411. The SMILES string of the molecule is COc1cc2c(c3c1cc(CO)n3Cc1ccccc1)CCCC2. The van der Waals surface area contributed by atoms with Crippen molar-refractivity contribution in [2.45, 2.75) is 38.8 Å². The monoisotopic (exact) mass is 321 g/mol. The highest BCUT2D eigenvalue weighted by molar-refractivity contribution is 5.91. The third-order valence-electron chi connectivity index (χ3n) is 5.12. The maximum Gasteiger partial charge on any atom is 0.128 e. The third kappa shape index (κ3) is 2.49. The van der Waals surface area contributed by atoms with E-state index >= 15 is 0 Å². The van der Waals surface area contributed by atoms with Crippen molar-refractivity contribution in [3.05, 3.63) is 64.8 Å². The molecule has 124 valence electrons. The first kappa shape index (κ1) is 15.3. The van der Waals surface area contributed by atoms with E-state index in [1.165, 1.54) is 35.0 Å². The van der Waals surface area contributed by atoms with E-state index < -0.39 is 0 Å². The lowest BCUT2D eigenvalue weighted by molar-refractivity contribution is 0.272. The van der Waals surface area contributed by atoms with Gasteiger partial charge in [-0.25, -0.2) is 0 Å². The summed E-state index contributed by atoms with van der Waals surface area (Å²) in [6.07, 6.45) is 4.71. The number of aliphatic hydroxyl groups excluding tert-OH is 1. The Hall–Kier alpha value is -2.26. The van der Waals surface area contributed by atoms with Crippen molar-refractivity contribution >= 4 is 10.9 Å². The Bertz CT molecular complexity index is 865. The van der Waals surface area contributed by atoms with Gasteiger partial charge in [-0.1, -0.05) is 30.3 Å².